The lowest BCUT2D eigenvalue weighted by Gasteiger charge is -2.30. The van der Waals surface area contributed by atoms with E-state index in [1.165, 1.54) is 0 Å². The molecule has 0 radical (unpaired) electrons. The van der Waals surface area contributed by atoms with Crippen LogP contribution in [0.5, 0.6) is 5.75 Å². The summed E-state index contributed by atoms with van der Waals surface area (Å²) in [5.74, 6) is 0.686. The monoisotopic (exact) mass is 461 g/mol. The molecule has 2 amide bonds. The third-order valence-corrected chi connectivity index (χ3v) is 6.39. The molecule has 170 valence electrons. The van der Waals surface area contributed by atoms with Crippen molar-refractivity contribution >= 4 is 34.9 Å². The maximum Gasteiger partial charge on any atom is 0.246 e. The van der Waals surface area contributed by atoms with Crippen LogP contribution in [0.15, 0.2) is 66.1 Å². The number of anilines is 1. The van der Waals surface area contributed by atoms with Crippen molar-refractivity contribution in [3.05, 3.63) is 82.3 Å². The molecule has 1 fully saturated rings. The Hall–Kier alpha value is -3.45. The molecular formula is C26H27N3O3S. The summed E-state index contributed by atoms with van der Waals surface area (Å²) in [6, 6.07) is 17.1. The first-order valence-corrected chi connectivity index (χ1v) is 11.9. The molecule has 2 heterocycles. The van der Waals surface area contributed by atoms with E-state index in [0.717, 1.165) is 27.7 Å². The van der Waals surface area contributed by atoms with E-state index in [1.54, 1.807) is 22.3 Å². The van der Waals surface area contributed by atoms with Gasteiger partial charge in [-0.15, -0.1) is 11.3 Å². The molecule has 7 heteroatoms. The molecule has 0 atom stereocenters. The van der Waals surface area contributed by atoms with Crippen molar-refractivity contribution < 1.29 is 14.3 Å². The van der Waals surface area contributed by atoms with Gasteiger partial charge < -0.3 is 15.0 Å². The third kappa shape index (κ3) is 6.52. The summed E-state index contributed by atoms with van der Waals surface area (Å²) in [5.41, 5.74) is 2.66. The summed E-state index contributed by atoms with van der Waals surface area (Å²) in [6.45, 7) is 3.58. The largest absolute Gasteiger partial charge is 0.487 e. The summed E-state index contributed by atoms with van der Waals surface area (Å²) in [6.07, 6.45) is 4.74. The Morgan fingerprint density at radius 3 is 2.52 bits per heavy atom. The predicted octanol–water partition coefficient (Wildman–Crippen LogP) is 4.92. The maximum atomic E-state index is 12.6. The van der Waals surface area contributed by atoms with Crippen LogP contribution in [0, 0.1) is 12.8 Å². The highest BCUT2D eigenvalue weighted by atomic mass is 32.1. The van der Waals surface area contributed by atoms with E-state index in [-0.39, 0.29) is 17.7 Å². The molecule has 0 saturated carbocycles. The van der Waals surface area contributed by atoms with Gasteiger partial charge in [0.1, 0.15) is 12.4 Å². The Balaban J connectivity index is 1.22. The number of aromatic nitrogens is 1. The Bertz CT molecular complexity index is 1100. The zero-order valence-corrected chi connectivity index (χ0v) is 19.4. The molecule has 0 unspecified atom stereocenters. The molecule has 2 aromatic carbocycles. The fourth-order valence-electron chi connectivity index (χ4n) is 3.71. The van der Waals surface area contributed by atoms with Gasteiger partial charge in [-0.05, 0) is 55.7 Å². The van der Waals surface area contributed by atoms with Gasteiger partial charge in [0, 0.05) is 36.2 Å². The minimum atomic E-state index is -0.0704. The highest BCUT2D eigenvalue weighted by molar-refractivity contribution is 7.09. The fraction of sp³-hybridized carbons (Fsp3) is 0.269. The van der Waals surface area contributed by atoms with Crippen molar-refractivity contribution in [2.24, 2.45) is 5.92 Å². The van der Waals surface area contributed by atoms with Gasteiger partial charge in [0.15, 0.2) is 0 Å². The standard InChI is InChI=1S/C26H27N3O3S/c1-19-27-23(18-33-19)17-32-24-10-7-20(8-11-24)9-12-25(30)29-15-13-21(14-16-29)26(31)28-22-5-3-2-4-6-22/h2-12,18,21H,13-17H2,1H3,(H,28,31)/b12-9+. The van der Waals surface area contributed by atoms with Crippen LogP contribution in [0.4, 0.5) is 5.69 Å². The number of hydrogen-bond donors (Lipinski definition) is 1. The van der Waals surface area contributed by atoms with Gasteiger partial charge in [0.25, 0.3) is 0 Å². The minimum absolute atomic E-state index is 0.0241. The van der Waals surface area contributed by atoms with Crippen LogP contribution in [0.3, 0.4) is 0 Å². The second-order valence-corrected chi connectivity index (χ2v) is 9.07. The highest BCUT2D eigenvalue weighted by Gasteiger charge is 2.26. The van der Waals surface area contributed by atoms with E-state index in [2.05, 4.69) is 10.3 Å². The van der Waals surface area contributed by atoms with Crippen LogP contribution in [-0.4, -0.2) is 34.8 Å². The summed E-state index contributed by atoms with van der Waals surface area (Å²) < 4.78 is 5.76. The molecule has 1 N–H and O–H groups in total. The molecule has 1 saturated heterocycles. The topological polar surface area (TPSA) is 71.5 Å². The Labute approximate surface area is 197 Å². The van der Waals surface area contributed by atoms with Gasteiger partial charge in [0.2, 0.25) is 11.8 Å². The molecule has 0 aliphatic carbocycles. The molecule has 3 aromatic rings. The van der Waals surface area contributed by atoms with Crippen molar-refractivity contribution in [2.45, 2.75) is 26.4 Å². The van der Waals surface area contributed by atoms with Crippen molar-refractivity contribution in [1.82, 2.24) is 9.88 Å². The number of para-hydroxylation sites is 1. The molecule has 1 aliphatic heterocycles. The Morgan fingerprint density at radius 2 is 1.85 bits per heavy atom. The number of carbonyl (C=O) groups excluding carboxylic acids is 2. The molecule has 4 rings (SSSR count). The summed E-state index contributed by atoms with van der Waals surface area (Å²) in [5, 5.41) is 5.98. The number of ether oxygens (including phenoxy) is 1. The highest BCUT2D eigenvalue weighted by Crippen LogP contribution is 2.20. The van der Waals surface area contributed by atoms with Gasteiger partial charge >= 0.3 is 0 Å². The fourth-order valence-corrected chi connectivity index (χ4v) is 4.31. The van der Waals surface area contributed by atoms with E-state index in [0.29, 0.717) is 32.5 Å². The lowest BCUT2D eigenvalue weighted by Crippen LogP contribution is -2.40. The zero-order valence-electron chi connectivity index (χ0n) is 18.6. The number of thiazole rings is 1. The second kappa shape index (κ2) is 10.9. The number of hydrogen-bond acceptors (Lipinski definition) is 5. The average molecular weight is 462 g/mol. The van der Waals surface area contributed by atoms with Crippen molar-refractivity contribution in [3.63, 3.8) is 0 Å². The zero-order chi connectivity index (χ0) is 23.0. The van der Waals surface area contributed by atoms with Crippen LogP contribution >= 0.6 is 11.3 Å². The molecule has 0 bridgehead atoms. The summed E-state index contributed by atoms with van der Waals surface area (Å²) in [7, 11) is 0. The quantitative estimate of drug-likeness (QED) is 0.507. The average Bonchev–Trinajstić information content (AvgIpc) is 3.27. The molecule has 33 heavy (non-hydrogen) atoms. The first kappa shape index (κ1) is 22.7. The molecule has 0 spiro atoms. The van der Waals surface area contributed by atoms with Gasteiger partial charge in [0.05, 0.1) is 10.7 Å². The normalized spacial score (nSPS) is 14.4. The number of rotatable bonds is 7. The number of amides is 2. The number of aryl methyl sites for hydroxylation is 1. The molecular weight excluding hydrogens is 434 g/mol. The van der Waals surface area contributed by atoms with Gasteiger partial charge in [-0.3, -0.25) is 9.59 Å². The lowest BCUT2D eigenvalue weighted by atomic mass is 9.95. The first-order valence-electron chi connectivity index (χ1n) is 11.0. The van der Waals surface area contributed by atoms with Crippen LogP contribution in [0.1, 0.15) is 29.1 Å². The van der Waals surface area contributed by atoms with E-state index >= 15 is 0 Å². The Kier molecular flexibility index (Phi) is 7.52. The van der Waals surface area contributed by atoms with E-state index < -0.39 is 0 Å². The van der Waals surface area contributed by atoms with Crippen molar-refractivity contribution in [3.8, 4) is 5.75 Å². The lowest BCUT2D eigenvalue weighted by molar-refractivity contribution is -0.130. The van der Waals surface area contributed by atoms with Crippen LogP contribution in [0.2, 0.25) is 0 Å². The number of benzene rings is 2. The van der Waals surface area contributed by atoms with E-state index in [1.807, 2.05) is 73.0 Å². The Morgan fingerprint density at radius 1 is 1.12 bits per heavy atom. The molecule has 1 aromatic heterocycles. The van der Waals surface area contributed by atoms with Gasteiger partial charge in [-0.2, -0.15) is 0 Å². The smallest absolute Gasteiger partial charge is 0.246 e. The van der Waals surface area contributed by atoms with Gasteiger partial charge in [-0.1, -0.05) is 30.3 Å². The van der Waals surface area contributed by atoms with E-state index in [4.69, 9.17) is 4.74 Å². The number of nitrogens with zero attached hydrogens (tertiary/aromatic N) is 2. The van der Waals surface area contributed by atoms with Gasteiger partial charge in [-0.25, -0.2) is 4.98 Å². The maximum absolute atomic E-state index is 12.6. The molecule has 1 aliphatic rings. The summed E-state index contributed by atoms with van der Waals surface area (Å²) in [4.78, 5) is 31.2. The van der Waals surface area contributed by atoms with Crippen molar-refractivity contribution in [1.29, 1.82) is 0 Å². The third-order valence-electron chi connectivity index (χ3n) is 5.57. The number of piperidine rings is 1. The van der Waals surface area contributed by atoms with Crippen LogP contribution < -0.4 is 10.1 Å². The SMILES string of the molecule is Cc1nc(COc2ccc(/C=C/C(=O)N3CCC(C(=O)Nc4ccccc4)CC3)cc2)cs1. The number of likely N-dealkylation sites (tertiary alicyclic amines) is 1. The number of carbonyl (C=O) groups is 2. The van der Waals surface area contributed by atoms with E-state index in [9.17, 15) is 9.59 Å². The predicted molar refractivity (Wildman–Crippen MR) is 131 cm³/mol. The summed E-state index contributed by atoms with van der Waals surface area (Å²) >= 11 is 1.61. The van der Waals surface area contributed by atoms with Crippen LogP contribution in [0.25, 0.3) is 6.08 Å². The van der Waals surface area contributed by atoms with Crippen LogP contribution in [-0.2, 0) is 16.2 Å². The molecule has 6 nitrogen and oxygen atoms in total. The number of nitrogens with one attached hydrogen (secondary N) is 1. The second-order valence-electron chi connectivity index (χ2n) is 8.00. The minimum Gasteiger partial charge on any atom is -0.487 e. The van der Waals surface area contributed by atoms with Crippen molar-refractivity contribution in [2.75, 3.05) is 18.4 Å². The first-order chi connectivity index (χ1) is 16.1.